The first-order valence-electron chi connectivity index (χ1n) is 8.31. The first-order valence-corrected chi connectivity index (χ1v) is 9.43. The van der Waals surface area contributed by atoms with E-state index in [9.17, 15) is 9.59 Å². The molecule has 0 amide bonds. The van der Waals surface area contributed by atoms with E-state index in [-0.39, 0.29) is 5.75 Å². The molecule has 27 heavy (non-hydrogen) atoms. The average molecular weight is 435 g/mol. The van der Waals surface area contributed by atoms with Crippen molar-refractivity contribution in [2.45, 2.75) is 13.8 Å². The van der Waals surface area contributed by atoms with Crippen molar-refractivity contribution in [1.82, 2.24) is 0 Å². The van der Waals surface area contributed by atoms with Crippen LogP contribution in [0.5, 0.6) is 11.5 Å². The van der Waals surface area contributed by atoms with Crippen LogP contribution in [0, 0.1) is 0 Å². The summed E-state index contributed by atoms with van der Waals surface area (Å²) in [6, 6.07) is 13.2. The fourth-order valence-corrected chi connectivity index (χ4v) is 1.43. The van der Waals surface area contributed by atoms with Crippen molar-refractivity contribution >= 4 is 28.5 Å². The predicted molar refractivity (Wildman–Crippen MR) is 116 cm³/mol. The molecule has 0 atom stereocenters. The Labute approximate surface area is 170 Å². The van der Waals surface area contributed by atoms with Crippen LogP contribution < -0.4 is 4.74 Å². The van der Waals surface area contributed by atoms with Gasteiger partial charge in [-0.15, -0.1) is 6.58 Å². The van der Waals surface area contributed by atoms with E-state index >= 15 is 0 Å². The van der Waals surface area contributed by atoms with Gasteiger partial charge in [0.15, 0.2) is 0 Å². The van der Waals surface area contributed by atoms with Crippen LogP contribution >= 0.6 is 15.9 Å². The topological polar surface area (TPSA) is 63.6 Å². The van der Waals surface area contributed by atoms with Gasteiger partial charge in [0.2, 0.25) is 0 Å². The van der Waals surface area contributed by atoms with E-state index in [1.54, 1.807) is 48.6 Å². The number of hydrogen-bond acceptors (Lipinski definition) is 4. The Balaban J connectivity index is 0. The molecule has 0 fully saturated rings. The molecule has 0 spiro atoms. The molecular formula is C22H27BrO4. The minimum Gasteiger partial charge on any atom is -0.508 e. The molecule has 0 aliphatic rings. The van der Waals surface area contributed by atoms with Crippen molar-refractivity contribution in [2.75, 3.05) is 11.9 Å². The van der Waals surface area contributed by atoms with Gasteiger partial charge in [-0.05, 0) is 24.3 Å². The van der Waals surface area contributed by atoms with Gasteiger partial charge in [-0.1, -0.05) is 72.8 Å². The summed E-state index contributed by atoms with van der Waals surface area (Å²) in [6.07, 6.45) is 4.94. The summed E-state index contributed by atoms with van der Waals surface area (Å²) in [5, 5.41) is 9.68. The summed E-state index contributed by atoms with van der Waals surface area (Å²) in [7, 11) is 0. The van der Waals surface area contributed by atoms with Crippen LogP contribution in [0.1, 0.15) is 34.6 Å². The van der Waals surface area contributed by atoms with Gasteiger partial charge in [0.05, 0.1) is 0 Å². The molecule has 2 aromatic rings. The van der Waals surface area contributed by atoms with Crippen LogP contribution in [0.2, 0.25) is 0 Å². The lowest BCUT2D eigenvalue weighted by molar-refractivity contribution is 0.111. The van der Waals surface area contributed by atoms with Gasteiger partial charge in [0.25, 0.3) is 0 Å². The highest BCUT2D eigenvalue weighted by Gasteiger charge is 1.93. The Morgan fingerprint density at radius 1 is 0.963 bits per heavy atom. The van der Waals surface area contributed by atoms with Crippen molar-refractivity contribution in [2.24, 2.45) is 0 Å². The third-order valence-corrected chi connectivity index (χ3v) is 2.94. The number of halogens is 1. The molecule has 0 aromatic heterocycles. The van der Waals surface area contributed by atoms with E-state index in [2.05, 4.69) is 29.1 Å². The van der Waals surface area contributed by atoms with Crippen LogP contribution in [0.3, 0.4) is 0 Å². The predicted octanol–water partition coefficient (Wildman–Crippen LogP) is 5.86. The zero-order valence-corrected chi connectivity index (χ0v) is 17.4. The minimum absolute atomic E-state index is 0.125. The molecule has 0 radical (unpaired) electrons. The molecule has 0 unspecified atom stereocenters. The lowest BCUT2D eigenvalue weighted by Gasteiger charge is -2.01. The third-order valence-electron chi connectivity index (χ3n) is 2.48. The fourth-order valence-electron chi connectivity index (χ4n) is 1.43. The van der Waals surface area contributed by atoms with E-state index < -0.39 is 0 Å². The molecular weight excluding hydrogens is 408 g/mol. The monoisotopic (exact) mass is 434 g/mol. The van der Waals surface area contributed by atoms with Crippen molar-refractivity contribution in [3.63, 3.8) is 0 Å². The first-order chi connectivity index (χ1) is 13.1. The molecule has 146 valence electrons. The second kappa shape index (κ2) is 19.7. The van der Waals surface area contributed by atoms with Gasteiger partial charge in [-0.3, -0.25) is 9.59 Å². The lowest BCUT2D eigenvalue weighted by Crippen LogP contribution is -1.92. The summed E-state index contributed by atoms with van der Waals surface area (Å²) >= 11 is 3.13. The Kier molecular flexibility index (Phi) is 19.3. The molecule has 2 aromatic carbocycles. The van der Waals surface area contributed by atoms with Crippen molar-refractivity contribution in [3.8, 4) is 11.5 Å². The number of phenolic OH excluding ortho intramolecular Hbond substituents is 1. The standard InChI is InChI=1S/C10H10O2.C7H6O2.C3H5Br.C2H6/c1-2-6-12-10-5-3-4-9(7-10)8-11;8-5-6-2-1-3-7(9)4-6;1-2-3-4;1-2/h2-5,7-8H,1,6H2;1-5,9H;2H,1,3H2;1-2H3. The molecule has 4 nitrogen and oxygen atoms in total. The van der Waals surface area contributed by atoms with Gasteiger partial charge in [0, 0.05) is 16.5 Å². The van der Waals surface area contributed by atoms with E-state index in [0.717, 1.165) is 11.6 Å². The zero-order valence-electron chi connectivity index (χ0n) is 15.8. The number of aromatic hydroxyl groups is 1. The SMILES string of the molecule is C=CCBr.C=CCOc1cccc(C=O)c1.CC.O=Cc1cccc(O)c1. The normalized spacial score (nSPS) is 8.11. The zero-order chi connectivity index (χ0) is 20.9. The van der Waals surface area contributed by atoms with Crippen LogP contribution in [0.15, 0.2) is 73.8 Å². The van der Waals surface area contributed by atoms with Crippen LogP contribution in [-0.2, 0) is 0 Å². The van der Waals surface area contributed by atoms with Crippen molar-refractivity contribution < 1.29 is 19.4 Å². The molecule has 0 aliphatic carbocycles. The Hall–Kier alpha value is -2.66. The summed E-state index contributed by atoms with van der Waals surface area (Å²) in [5.74, 6) is 0.819. The number of ether oxygens (including phenoxy) is 1. The van der Waals surface area contributed by atoms with Crippen molar-refractivity contribution in [1.29, 1.82) is 0 Å². The maximum Gasteiger partial charge on any atom is 0.150 e. The highest BCUT2D eigenvalue weighted by atomic mass is 79.9. The Bertz CT molecular complexity index is 669. The first kappa shape index (κ1) is 26.6. The third kappa shape index (κ3) is 15.3. The van der Waals surface area contributed by atoms with E-state index in [0.29, 0.717) is 29.8 Å². The summed E-state index contributed by atoms with van der Waals surface area (Å²) in [6.45, 7) is 11.4. The molecule has 5 heteroatoms. The van der Waals surface area contributed by atoms with Gasteiger partial charge in [-0.25, -0.2) is 0 Å². The van der Waals surface area contributed by atoms with Gasteiger partial charge >= 0.3 is 0 Å². The van der Waals surface area contributed by atoms with Gasteiger partial charge in [0.1, 0.15) is 30.7 Å². The second-order valence-electron chi connectivity index (χ2n) is 4.45. The number of hydrogen-bond donors (Lipinski definition) is 1. The molecule has 2 rings (SSSR count). The average Bonchev–Trinajstić information content (AvgIpc) is 2.74. The maximum atomic E-state index is 10.4. The number of rotatable bonds is 6. The summed E-state index contributed by atoms with van der Waals surface area (Å²) in [5.41, 5.74) is 1.12. The number of carbonyl (C=O) groups excluding carboxylic acids is 2. The molecule has 0 saturated heterocycles. The number of phenols is 1. The largest absolute Gasteiger partial charge is 0.508 e. The Morgan fingerprint density at radius 3 is 1.89 bits per heavy atom. The number of aldehydes is 2. The molecule has 0 bridgehead atoms. The number of benzene rings is 2. The lowest BCUT2D eigenvalue weighted by atomic mass is 10.2. The van der Waals surface area contributed by atoms with E-state index in [1.807, 2.05) is 13.8 Å². The molecule has 0 heterocycles. The van der Waals surface area contributed by atoms with E-state index in [1.165, 1.54) is 12.1 Å². The molecule has 1 N–H and O–H groups in total. The highest BCUT2D eigenvalue weighted by Crippen LogP contribution is 2.11. The van der Waals surface area contributed by atoms with E-state index in [4.69, 9.17) is 9.84 Å². The summed E-state index contributed by atoms with van der Waals surface area (Å²) < 4.78 is 5.22. The van der Waals surface area contributed by atoms with Crippen LogP contribution in [-0.4, -0.2) is 29.6 Å². The van der Waals surface area contributed by atoms with Gasteiger partial charge in [-0.2, -0.15) is 0 Å². The number of carbonyl (C=O) groups is 2. The molecule has 0 saturated carbocycles. The maximum absolute atomic E-state index is 10.4. The molecule has 0 aliphatic heterocycles. The highest BCUT2D eigenvalue weighted by molar-refractivity contribution is 9.09. The van der Waals surface area contributed by atoms with Crippen LogP contribution in [0.25, 0.3) is 0 Å². The number of allylic oxidation sites excluding steroid dienone is 1. The fraction of sp³-hybridized carbons (Fsp3) is 0.182. The number of alkyl halides is 1. The minimum atomic E-state index is 0.125. The quantitative estimate of drug-likeness (QED) is 0.351. The smallest absolute Gasteiger partial charge is 0.150 e. The van der Waals surface area contributed by atoms with Gasteiger partial charge < -0.3 is 9.84 Å². The van der Waals surface area contributed by atoms with Crippen LogP contribution in [0.4, 0.5) is 0 Å². The van der Waals surface area contributed by atoms with Crippen molar-refractivity contribution in [3.05, 3.63) is 85.0 Å². The second-order valence-corrected chi connectivity index (χ2v) is 5.09. The Morgan fingerprint density at radius 2 is 1.48 bits per heavy atom. The summed E-state index contributed by atoms with van der Waals surface area (Å²) in [4.78, 5) is 20.4.